The van der Waals surface area contributed by atoms with Crippen LogP contribution in [0.1, 0.15) is 51.9 Å². The van der Waals surface area contributed by atoms with Gasteiger partial charge in [0, 0.05) is 4.88 Å². The van der Waals surface area contributed by atoms with Crippen LogP contribution in [0.3, 0.4) is 0 Å². The largest absolute Gasteiger partial charge is 0.448 e. The molecular weight excluding hydrogens is 348 g/mol. The summed E-state index contributed by atoms with van der Waals surface area (Å²) in [5, 5.41) is 11.7. The lowest BCUT2D eigenvalue weighted by atomic mass is 10.1. The Morgan fingerprint density at radius 3 is 2.81 bits per heavy atom. The van der Waals surface area contributed by atoms with Crippen molar-refractivity contribution in [1.29, 1.82) is 5.26 Å². The molecule has 134 valence electrons. The molecule has 1 amide bonds. The minimum Gasteiger partial charge on any atom is -0.448 e. The first kappa shape index (κ1) is 18.2. The molecule has 1 aromatic carbocycles. The Morgan fingerprint density at radius 2 is 2.00 bits per heavy atom. The Labute approximate surface area is 156 Å². The Bertz CT molecular complexity index is 843. The number of anilines is 1. The van der Waals surface area contributed by atoms with Crippen molar-refractivity contribution in [2.75, 3.05) is 5.32 Å². The zero-order valence-electron chi connectivity index (χ0n) is 14.6. The molecule has 1 atom stereocenters. The fourth-order valence-electron chi connectivity index (χ4n) is 2.96. The molecule has 0 unspecified atom stereocenters. The molecule has 0 saturated heterocycles. The maximum absolute atomic E-state index is 12.4. The Balaban J connectivity index is 1.64. The van der Waals surface area contributed by atoms with Crippen LogP contribution in [0.2, 0.25) is 0 Å². The standard InChI is InChI=1S/C20H20N2O3S/c1-13(19(23)22-16-9-6-5-8-15(16)12-21)25-20(24)18-11-14-7-3-2-4-10-17(14)26-18/h5-6,8-9,11,13H,2-4,7,10H2,1H3,(H,22,23)/t13-/m0/s1. The summed E-state index contributed by atoms with van der Waals surface area (Å²) >= 11 is 1.47. The van der Waals surface area contributed by atoms with Gasteiger partial charge in [0.1, 0.15) is 10.9 Å². The molecule has 3 rings (SSSR count). The van der Waals surface area contributed by atoms with Gasteiger partial charge in [-0.2, -0.15) is 5.26 Å². The van der Waals surface area contributed by atoms with E-state index in [9.17, 15) is 9.59 Å². The normalized spacial score (nSPS) is 14.5. The number of para-hydroxylation sites is 1. The number of carbonyl (C=O) groups is 2. The van der Waals surface area contributed by atoms with Crippen molar-refractivity contribution in [3.8, 4) is 6.07 Å². The third kappa shape index (κ3) is 4.12. The van der Waals surface area contributed by atoms with E-state index in [4.69, 9.17) is 10.00 Å². The maximum atomic E-state index is 12.4. The molecule has 0 bridgehead atoms. The summed E-state index contributed by atoms with van der Waals surface area (Å²) in [4.78, 5) is 26.5. The molecule has 1 heterocycles. The molecule has 1 N–H and O–H groups in total. The van der Waals surface area contributed by atoms with Gasteiger partial charge < -0.3 is 10.1 Å². The highest BCUT2D eigenvalue weighted by atomic mass is 32.1. The molecule has 0 aliphatic heterocycles. The van der Waals surface area contributed by atoms with Gasteiger partial charge in [-0.1, -0.05) is 18.6 Å². The predicted octanol–water partition coefficient (Wildman–Crippen LogP) is 4.07. The second-order valence-corrected chi connectivity index (χ2v) is 7.45. The van der Waals surface area contributed by atoms with Crippen LogP contribution in [-0.2, 0) is 22.4 Å². The van der Waals surface area contributed by atoms with Crippen LogP contribution in [0.5, 0.6) is 0 Å². The zero-order chi connectivity index (χ0) is 18.5. The van der Waals surface area contributed by atoms with E-state index in [1.807, 2.05) is 12.1 Å². The van der Waals surface area contributed by atoms with Gasteiger partial charge in [0.2, 0.25) is 0 Å². The van der Waals surface area contributed by atoms with Gasteiger partial charge in [0.15, 0.2) is 6.10 Å². The SMILES string of the molecule is C[C@H](OC(=O)c1cc2c(s1)CCCCC2)C(=O)Nc1ccccc1C#N. The van der Waals surface area contributed by atoms with Crippen LogP contribution >= 0.6 is 11.3 Å². The predicted molar refractivity (Wildman–Crippen MR) is 100 cm³/mol. The summed E-state index contributed by atoms with van der Waals surface area (Å²) in [5.74, 6) is -0.932. The number of nitrogens with zero attached hydrogens (tertiary/aromatic N) is 1. The van der Waals surface area contributed by atoms with E-state index in [0.717, 1.165) is 25.7 Å². The summed E-state index contributed by atoms with van der Waals surface area (Å²) in [7, 11) is 0. The Morgan fingerprint density at radius 1 is 1.23 bits per heavy atom. The van der Waals surface area contributed by atoms with E-state index in [1.54, 1.807) is 24.3 Å². The van der Waals surface area contributed by atoms with Crippen molar-refractivity contribution in [1.82, 2.24) is 0 Å². The molecule has 1 aromatic heterocycles. The lowest BCUT2D eigenvalue weighted by Gasteiger charge is -2.13. The average Bonchev–Trinajstić information content (AvgIpc) is 2.93. The third-order valence-electron chi connectivity index (χ3n) is 4.41. The number of amides is 1. The lowest BCUT2D eigenvalue weighted by Crippen LogP contribution is -2.30. The highest BCUT2D eigenvalue weighted by molar-refractivity contribution is 7.14. The van der Waals surface area contributed by atoms with E-state index in [-0.39, 0.29) is 0 Å². The first-order valence-corrected chi connectivity index (χ1v) is 9.52. The van der Waals surface area contributed by atoms with Gasteiger partial charge in [-0.05, 0) is 56.4 Å². The average molecular weight is 368 g/mol. The van der Waals surface area contributed by atoms with E-state index >= 15 is 0 Å². The molecule has 6 heteroatoms. The molecule has 0 saturated carbocycles. The number of thiophene rings is 1. The number of benzene rings is 1. The lowest BCUT2D eigenvalue weighted by molar-refractivity contribution is -0.123. The summed E-state index contributed by atoms with van der Waals surface area (Å²) in [6.45, 7) is 1.53. The van der Waals surface area contributed by atoms with E-state index < -0.39 is 18.0 Å². The van der Waals surface area contributed by atoms with Crippen LogP contribution in [0.25, 0.3) is 0 Å². The number of rotatable bonds is 4. The van der Waals surface area contributed by atoms with Gasteiger partial charge in [0.05, 0.1) is 11.3 Å². The van der Waals surface area contributed by atoms with E-state index in [1.165, 1.54) is 35.1 Å². The van der Waals surface area contributed by atoms with Gasteiger partial charge in [-0.25, -0.2) is 4.79 Å². The molecule has 26 heavy (non-hydrogen) atoms. The Kier molecular flexibility index (Phi) is 5.69. The highest BCUT2D eigenvalue weighted by Crippen LogP contribution is 2.29. The van der Waals surface area contributed by atoms with Crippen molar-refractivity contribution >= 4 is 28.9 Å². The van der Waals surface area contributed by atoms with Gasteiger partial charge in [-0.3, -0.25) is 4.79 Å². The number of nitriles is 1. The third-order valence-corrected chi connectivity index (χ3v) is 5.62. The van der Waals surface area contributed by atoms with Crippen LogP contribution in [0.4, 0.5) is 5.69 Å². The van der Waals surface area contributed by atoms with Crippen molar-refractivity contribution in [3.05, 3.63) is 51.2 Å². The molecule has 0 radical (unpaired) electrons. The molecule has 2 aromatic rings. The van der Waals surface area contributed by atoms with E-state index in [2.05, 4.69) is 5.32 Å². The summed E-state index contributed by atoms with van der Waals surface area (Å²) in [6, 6.07) is 10.6. The summed E-state index contributed by atoms with van der Waals surface area (Å²) < 4.78 is 5.33. The monoisotopic (exact) mass is 368 g/mol. The second kappa shape index (κ2) is 8.15. The fourth-order valence-corrected chi connectivity index (χ4v) is 4.10. The number of carbonyl (C=O) groups excluding carboxylic acids is 2. The first-order valence-electron chi connectivity index (χ1n) is 8.71. The number of nitrogens with one attached hydrogen (secondary N) is 1. The van der Waals surface area contributed by atoms with Crippen molar-refractivity contribution in [3.63, 3.8) is 0 Å². The molecule has 1 aliphatic carbocycles. The molecule has 0 fully saturated rings. The number of aryl methyl sites for hydroxylation is 2. The zero-order valence-corrected chi connectivity index (χ0v) is 15.4. The van der Waals surface area contributed by atoms with Gasteiger partial charge >= 0.3 is 5.97 Å². The molecular formula is C20H20N2O3S. The smallest absolute Gasteiger partial charge is 0.349 e. The fraction of sp³-hybridized carbons (Fsp3) is 0.350. The first-order chi connectivity index (χ1) is 12.6. The topological polar surface area (TPSA) is 79.2 Å². The number of esters is 1. The van der Waals surface area contributed by atoms with Gasteiger partial charge in [-0.15, -0.1) is 11.3 Å². The second-order valence-electron chi connectivity index (χ2n) is 6.31. The highest BCUT2D eigenvalue weighted by Gasteiger charge is 2.23. The number of hydrogen-bond acceptors (Lipinski definition) is 5. The number of fused-ring (bicyclic) bond motifs is 1. The molecule has 5 nitrogen and oxygen atoms in total. The van der Waals surface area contributed by atoms with Crippen molar-refractivity contribution < 1.29 is 14.3 Å². The number of ether oxygens (including phenoxy) is 1. The molecule has 1 aliphatic rings. The van der Waals surface area contributed by atoms with Crippen molar-refractivity contribution in [2.24, 2.45) is 0 Å². The quantitative estimate of drug-likeness (QED) is 0.652. The Hall–Kier alpha value is -2.65. The minimum atomic E-state index is -0.948. The van der Waals surface area contributed by atoms with Crippen LogP contribution in [0, 0.1) is 11.3 Å². The summed E-state index contributed by atoms with van der Waals surface area (Å²) in [5.41, 5.74) is 2.01. The van der Waals surface area contributed by atoms with Crippen LogP contribution in [0.15, 0.2) is 30.3 Å². The summed E-state index contributed by atoms with van der Waals surface area (Å²) in [6.07, 6.45) is 4.59. The van der Waals surface area contributed by atoms with Crippen molar-refractivity contribution in [2.45, 2.75) is 45.1 Å². The minimum absolute atomic E-state index is 0.362. The van der Waals surface area contributed by atoms with E-state index in [0.29, 0.717) is 16.1 Å². The maximum Gasteiger partial charge on any atom is 0.349 e. The molecule has 0 spiro atoms. The van der Waals surface area contributed by atoms with Crippen LogP contribution < -0.4 is 5.32 Å². The number of hydrogen-bond donors (Lipinski definition) is 1. The van der Waals surface area contributed by atoms with Crippen LogP contribution in [-0.4, -0.2) is 18.0 Å². The van der Waals surface area contributed by atoms with Gasteiger partial charge in [0.25, 0.3) is 5.91 Å².